The van der Waals surface area contributed by atoms with Crippen LogP contribution in [0.2, 0.25) is 0 Å². The Labute approximate surface area is 124 Å². The maximum Gasteiger partial charge on any atom is 0.118 e. The first-order valence-corrected chi connectivity index (χ1v) is 8.05. The second-order valence-corrected chi connectivity index (χ2v) is 8.03. The summed E-state index contributed by atoms with van der Waals surface area (Å²) in [4.78, 5) is 4.51. The minimum Gasteiger partial charge on any atom is -0.339 e. The number of thiazole rings is 1. The van der Waals surface area contributed by atoms with Crippen LogP contribution in [0.5, 0.6) is 0 Å². The van der Waals surface area contributed by atoms with E-state index < -0.39 is 0 Å². The minimum absolute atomic E-state index is 0.116. The summed E-state index contributed by atoms with van der Waals surface area (Å²) in [5.74, 6) is 0. The smallest absolute Gasteiger partial charge is 0.118 e. The van der Waals surface area contributed by atoms with Crippen LogP contribution in [-0.2, 0) is 12.0 Å². The number of hydrogen-bond acceptors (Lipinski definition) is 3. The summed E-state index contributed by atoms with van der Waals surface area (Å²) in [6, 6.07) is 2.35. The zero-order valence-electron chi connectivity index (χ0n) is 12.7. The Kier molecular flexibility index (Phi) is 3.07. The third-order valence-electron chi connectivity index (χ3n) is 4.40. The molecule has 3 nitrogen and oxygen atoms in total. The number of fused-ring (bicyclic) bond motifs is 1. The molecule has 0 saturated carbocycles. The normalized spacial score (nSPS) is 21.8. The van der Waals surface area contributed by atoms with Gasteiger partial charge in [0.2, 0.25) is 0 Å². The lowest BCUT2D eigenvalue weighted by molar-refractivity contribution is 0.266. The zero-order chi connectivity index (χ0) is 14.5. The molecule has 0 bridgehead atoms. The Morgan fingerprint density at radius 1 is 1.45 bits per heavy atom. The van der Waals surface area contributed by atoms with Crippen LogP contribution < -0.4 is 5.73 Å². The molecule has 0 radical (unpaired) electrons. The molecule has 0 amide bonds. The molecule has 0 saturated heterocycles. The first-order chi connectivity index (χ1) is 9.31. The second kappa shape index (κ2) is 4.43. The van der Waals surface area contributed by atoms with E-state index >= 15 is 0 Å². The van der Waals surface area contributed by atoms with Crippen molar-refractivity contribution < 1.29 is 0 Å². The van der Waals surface area contributed by atoms with Gasteiger partial charge in [-0.15, -0.1) is 11.3 Å². The Morgan fingerprint density at radius 2 is 2.20 bits per heavy atom. The fourth-order valence-corrected chi connectivity index (χ4v) is 4.15. The molecular weight excluding hydrogens is 266 g/mol. The standard InChI is InChI=1S/C16H23N3S/c1-15(2)9-12(17)11-5-7-19(13(11)10-15)16(3,4)14-18-6-8-20-14/h5-8,12H,9-10,17H2,1-4H3. The third-order valence-corrected chi connectivity index (χ3v) is 5.49. The van der Waals surface area contributed by atoms with Crippen molar-refractivity contribution in [3.8, 4) is 0 Å². The summed E-state index contributed by atoms with van der Waals surface area (Å²) < 4.78 is 2.38. The first-order valence-electron chi connectivity index (χ1n) is 7.17. The fourth-order valence-electron chi connectivity index (χ4n) is 3.39. The van der Waals surface area contributed by atoms with Gasteiger partial charge < -0.3 is 10.3 Å². The van der Waals surface area contributed by atoms with Gasteiger partial charge in [0.1, 0.15) is 5.01 Å². The summed E-state index contributed by atoms with van der Waals surface area (Å²) in [5, 5.41) is 3.19. The maximum atomic E-state index is 6.37. The molecule has 3 rings (SSSR count). The van der Waals surface area contributed by atoms with Gasteiger partial charge in [0.25, 0.3) is 0 Å². The van der Waals surface area contributed by atoms with Gasteiger partial charge in [-0.05, 0) is 43.7 Å². The summed E-state index contributed by atoms with van der Waals surface area (Å²) in [6.45, 7) is 9.09. The largest absolute Gasteiger partial charge is 0.339 e. The number of aromatic nitrogens is 2. The molecule has 1 atom stereocenters. The molecular formula is C16H23N3S. The van der Waals surface area contributed by atoms with E-state index in [1.54, 1.807) is 11.3 Å². The van der Waals surface area contributed by atoms with E-state index in [9.17, 15) is 0 Å². The highest BCUT2D eigenvalue weighted by Gasteiger charge is 2.36. The van der Waals surface area contributed by atoms with Gasteiger partial charge in [-0.3, -0.25) is 0 Å². The second-order valence-electron chi connectivity index (χ2n) is 7.14. The molecule has 1 aliphatic carbocycles. The minimum atomic E-state index is -0.116. The van der Waals surface area contributed by atoms with Crippen LogP contribution in [0.3, 0.4) is 0 Å². The molecule has 2 aromatic rings. The highest BCUT2D eigenvalue weighted by atomic mass is 32.1. The summed E-state index contributed by atoms with van der Waals surface area (Å²) in [6.07, 6.45) is 6.21. The Bertz CT molecular complexity index is 608. The number of nitrogens with zero attached hydrogens (tertiary/aromatic N) is 2. The van der Waals surface area contributed by atoms with Gasteiger partial charge in [-0.25, -0.2) is 4.98 Å². The van der Waals surface area contributed by atoms with Gasteiger partial charge >= 0.3 is 0 Å². The highest BCUT2D eigenvalue weighted by Crippen LogP contribution is 2.42. The SMILES string of the molecule is CC1(C)Cc2c(ccn2C(C)(C)c2nccs2)C(N)C1. The first kappa shape index (κ1) is 13.8. The van der Waals surface area contributed by atoms with Gasteiger partial charge in [0.15, 0.2) is 0 Å². The van der Waals surface area contributed by atoms with E-state index in [0.717, 1.165) is 17.8 Å². The predicted molar refractivity (Wildman–Crippen MR) is 84.0 cm³/mol. The topological polar surface area (TPSA) is 43.8 Å². The van der Waals surface area contributed by atoms with Crippen LogP contribution in [0.4, 0.5) is 0 Å². The lowest BCUT2D eigenvalue weighted by atomic mass is 9.74. The quantitative estimate of drug-likeness (QED) is 0.916. The van der Waals surface area contributed by atoms with Crippen molar-refractivity contribution in [2.24, 2.45) is 11.1 Å². The van der Waals surface area contributed by atoms with Crippen LogP contribution in [0, 0.1) is 5.41 Å². The average Bonchev–Trinajstić information content (AvgIpc) is 2.94. The lowest BCUT2D eigenvalue weighted by Gasteiger charge is -2.37. The Balaban J connectivity index is 2.09. The van der Waals surface area contributed by atoms with Crippen molar-refractivity contribution in [2.45, 2.75) is 52.1 Å². The third kappa shape index (κ3) is 2.11. The number of hydrogen-bond donors (Lipinski definition) is 1. The molecule has 0 fully saturated rings. The fraction of sp³-hybridized carbons (Fsp3) is 0.562. The molecule has 0 aromatic carbocycles. The molecule has 0 aliphatic heterocycles. The van der Waals surface area contributed by atoms with Crippen molar-refractivity contribution in [1.82, 2.24) is 9.55 Å². The van der Waals surface area contributed by atoms with Gasteiger partial charge in [0.05, 0.1) is 5.54 Å². The van der Waals surface area contributed by atoms with Crippen molar-refractivity contribution in [2.75, 3.05) is 0 Å². The van der Waals surface area contributed by atoms with Gasteiger partial charge in [0, 0.05) is 29.5 Å². The molecule has 20 heavy (non-hydrogen) atoms. The van der Waals surface area contributed by atoms with E-state index in [1.807, 2.05) is 11.6 Å². The highest BCUT2D eigenvalue weighted by molar-refractivity contribution is 7.09. The van der Waals surface area contributed by atoms with Crippen molar-refractivity contribution in [1.29, 1.82) is 0 Å². The summed E-state index contributed by atoms with van der Waals surface area (Å²) in [5.41, 5.74) is 9.22. The number of rotatable bonds is 2. The van der Waals surface area contributed by atoms with E-state index in [0.29, 0.717) is 0 Å². The van der Waals surface area contributed by atoms with E-state index in [1.165, 1.54) is 11.3 Å². The molecule has 108 valence electrons. The molecule has 1 unspecified atom stereocenters. The molecule has 0 spiro atoms. The van der Waals surface area contributed by atoms with Crippen molar-refractivity contribution in [3.63, 3.8) is 0 Å². The Morgan fingerprint density at radius 3 is 2.85 bits per heavy atom. The van der Waals surface area contributed by atoms with Crippen LogP contribution in [0.25, 0.3) is 0 Å². The van der Waals surface area contributed by atoms with Crippen molar-refractivity contribution >= 4 is 11.3 Å². The summed E-state index contributed by atoms with van der Waals surface area (Å²) in [7, 11) is 0. The van der Waals surface area contributed by atoms with E-state index in [-0.39, 0.29) is 17.0 Å². The zero-order valence-corrected chi connectivity index (χ0v) is 13.5. The number of nitrogens with two attached hydrogens (primary N) is 1. The summed E-state index contributed by atoms with van der Waals surface area (Å²) >= 11 is 1.72. The van der Waals surface area contributed by atoms with Crippen LogP contribution >= 0.6 is 11.3 Å². The van der Waals surface area contributed by atoms with E-state index in [4.69, 9.17) is 5.73 Å². The maximum absolute atomic E-state index is 6.37. The molecule has 1 aliphatic rings. The van der Waals surface area contributed by atoms with E-state index in [2.05, 4.69) is 49.5 Å². The van der Waals surface area contributed by atoms with Crippen LogP contribution in [0.1, 0.15) is 56.4 Å². The Hall–Kier alpha value is -1.13. The lowest BCUT2D eigenvalue weighted by Crippen LogP contribution is -2.35. The van der Waals surface area contributed by atoms with Crippen LogP contribution in [0.15, 0.2) is 23.8 Å². The molecule has 4 heteroatoms. The molecule has 2 aromatic heterocycles. The monoisotopic (exact) mass is 289 g/mol. The predicted octanol–water partition coefficient (Wildman–Crippen LogP) is 3.70. The van der Waals surface area contributed by atoms with Gasteiger partial charge in [-0.1, -0.05) is 13.8 Å². The van der Waals surface area contributed by atoms with Crippen molar-refractivity contribution in [3.05, 3.63) is 40.1 Å². The van der Waals surface area contributed by atoms with Gasteiger partial charge in [-0.2, -0.15) is 0 Å². The molecule has 2 N–H and O–H groups in total. The van der Waals surface area contributed by atoms with Crippen LogP contribution in [-0.4, -0.2) is 9.55 Å². The molecule has 2 heterocycles. The average molecular weight is 289 g/mol.